The smallest absolute Gasteiger partial charge is 0.248 e. The number of nitrogens with one attached hydrogen (secondary N) is 2. The van der Waals surface area contributed by atoms with Crippen LogP contribution >= 0.6 is 24.0 Å². The maximum atomic E-state index is 5.63. The fourth-order valence-corrected chi connectivity index (χ4v) is 2.23. The van der Waals surface area contributed by atoms with Gasteiger partial charge in [0.25, 0.3) is 0 Å². The molecule has 8 nitrogen and oxygen atoms in total. The van der Waals surface area contributed by atoms with Crippen molar-refractivity contribution in [1.82, 2.24) is 20.8 Å². The lowest BCUT2D eigenvalue weighted by atomic mass is 10.4. The van der Waals surface area contributed by atoms with Gasteiger partial charge < -0.3 is 24.6 Å². The molecule has 0 saturated heterocycles. The van der Waals surface area contributed by atoms with Crippen LogP contribution in [0.1, 0.15) is 57.9 Å². The van der Waals surface area contributed by atoms with E-state index >= 15 is 0 Å². The number of ether oxygens (including phenoxy) is 2. The van der Waals surface area contributed by atoms with E-state index in [2.05, 4.69) is 25.8 Å². The van der Waals surface area contributed by atoms with Crippen LogP contribution in [-0.2, 0) is 16.0 Å². The highest BCUT2D eigenvalue weighted by Gasteiger charge is 2.20. The third-order valence-electron chi connectivity index (χ3n) is 3.79. The van der Waals surface area contributed by atoms with Gasteiger partial charge in [-0.05, 0) is 46.0 Å². The van der Waals surface area contributed by atoms with Crippen molar-refractivity contribution in [3.8, 4) is 0 Å². The summed E-state index contributed by atoms with van der Waals surface area (Å²) in [7, 11) is 0. The maximum absolute atomic E-state index is 5.63. The molecule has 0 bridgehead atoms. The molecule has 1 fully saturated rings. The zero-order valence-electron chi connectivity index (χ0n) is 16.0. The number of halogens is 1. The zero-order chi connectivity index (χ0) is 17.9. The van der Waals surface area contributed by atoms with Crippen LogP contribution in [0.5, 0.6) is 0 Å². The van der Waals surface area contributed by atoms with E-state index in [-0.39, 0.29) is 30.1 Å². The number of aromatic nitrogens is 2. The molecule has 9 heteroatoms. The highest BCUT2D eigenvalue weighted by Crippen LogP contribution is 2.28. The Morgan fingerprint density at radius 3 is 2.85 bits per heavy atom. The number of nitrogens with zero attached hydrogens (tertiary/aromatic N) is 3. The summed E-state index contributed by atoms with van der Waals surface area (Å²) in [4.78, 5) is 8.79. The molecule has 2 N–H and O–H groups in total. The molecule has 1 unspecified atom stereocenters. The number of guanidine groups is 1. The van der Waals surface area contributed by atoms with Crippen molar-refractivity contribution >= 4 is 29.9 Å². The molecule has 0 amide bonds. The second-order valence-corrected chi connectivity index (χ2v) is 6.14. The van der Waals surface area contributed by atoms with E-state index in [0.29, 0.717) is 24.9 Å². The summed E-state index contributed by atoms with van der Waals surface area (Å²) in [6, 6.07) is 0. The van der Waals surface area contributed by atoms with E-state index in [1.807, 2.05) is 20.8 Å². The number of rotatable bonds is 12. The molecular weight excluding hydrogens is 449 g/mol. The third kappa shape index (κ3) is 9.13. The molecule has 1 aromatic heterocycles. The molecule has 0 radical (unpaired) electrons. The Morgan fingerprint density at radius 1 is 1.35 bits per heavy atom. The minimum Gasteiger partial charge on any atom is -0.381 e. The molecule has 1 aromatic rings. The van der Waals surface area contributed by atoms with Crippen LogP contribution in [0.4, 0.5) is 0 Å². The van der Waals surface area contributed by atoms with Crippen molar-refractivity contribution in [3.63, 3.8) is 0 Å². The van der Waals surface area contributed by atoms with E-state index in [4.69, 9.17) is 14.0 Å². The Hall–Kier alpha value is -0.940. The first-order chi connectivity index (χ1) is 12.2. The Balaban J connectivity index is 0.00000338. The fourth-order valence-electron chi connectivity index (χ4n) is 2.23. The lowest BCUT2D eigenvalue weighted by molar-refractivity contribution is 0.0683. The number of aliphatic imine (C=N–C) groups is 1. The van der Waals surface area contributed by atoms with E-state index in [1.165, 1.54) is 12.8 Å². The molecule has 26 heavy (non-hydrogen) atoms. The van der Waals surface area contributed by atoms with Gasteiger partial charge in [0.05, 0.1) is 0 Å². The first kappa shape index (κ1) is 23.1. The molecule has 1 aliphatic rings. The summed E-state index contributed by atoms with van der Waals surface area (Å²) in [5.74, 6) is 2.59. The SMILES string of the molecule is CCNC(=NCc1nc(C(C)OCC)no1)NCCCOCC1CC1.I. The van der Waals surface area contributed by atoms with E-state index in [9.17, 15) is 0 Å². The van der Waals surface area contributed by atoms with Crippen LogP contribution in [0.3, 0.4) is 0 Å². The van der Waals surface area contributed by atoms with Gasteiger partial charge in [-0.2, -0.15) is 4.98 Å². The molecule has 1 atom stereocenters. The molecule has 0 aliphatic heterocycles. The summed E-state index contributed by atoms with van der Waals surface area (Å²) in [6.07, 6.45) is 3.44. The predicted molar refractivity (Wildman–Crippen MR) is 111 cm³/mol. The normalized spacial score (nSPS) is 15.4. The van der Waals surface area contributed by atoms with Gasteiger partial charge in [0.1, 0.15) is 12.6 Å². The molecular formula is C17H32IN5O3. The first-order valence-corrected chi connectivity index (χ1v) is 9.26. The van der Waals surface area contributed by atoms with Crippen LogP contribution in [0.2, 0.25) is 0 Å². The van der Waals surface area contributed by atoms with Crippen molar-refractivity contribution in [2.24, 2.45) is 10.9 Å². The topological polar surface area (TPSA) is 93.8 Å². The average molecular weight is 481 g/mol. The van der Waals surface area contributed by atoms with Gasteiger partial charge in [0, 0.05) is 32.9 Å². The second-order valence-electron chi connectivity index (χ2n) is 6.14. The van der Waals surface area contributed by atoms with Crippen molar-refractivity contribution in [3.05, 3.63) is 11.7 Å². The molecule has 1 aliphatic carbocycles. The standard InChI is InChI=1S/C17H31N5O3.HI/c1-4-18-17(19-9-6-10-23-12-14-7-8-14)20-11-15-21-16(22-25-15)13(3)24-5-2;/h13-14H,4-12H2,1-3H3,(H2,18,19,20);1H. The highest BCUT2D eigenvalue weighted by molar-refractivity contribution is 14.0. The Morgan fingerprint density at radius 2 is 2.15 bits per heavy atom. The zero-order valence-corrected chi connectivity index (χ0v) is 18.3. The lowest BCUT2D eigenvalue weighted by Crippen LogP contribution is -2.38. The lowest BCUT2D eigenvalue weighted by Gasteiger charge is -2.10. The van der Waals surface area contributed by atoms with Gasteiger partial charge in [-0.1, -0.05) is 5.16 Å². The van der Waals surface area contributed by atoms with Crippen LogP contribution in [-0.4, -0.2) is 49.0 Å². The average Bonchev–Trinajstić information content (AvgIpc) is 3.30. The van der Waals surface area contributed by atoms with Crippen LogP contribution in [0.25, 0.3) is 0 Å². The summed E-state index contributed by atoms with van der Waals surface area (Å²) >= 11 is 0. The second kappa shape index (κ2) is 13.3. The minimum atomic E-state index is -0.173. The Kier molecular flexibility index (Phi) is 11.8. The van der Waals surface area contributed by atoms with E-state index in [1.54, 1.807) is 0 Å². The number of hydrogen-bond donors (Lipinski definition) is 2. The molecule has 1 heterocycles. The Bertz CT molecular complexity index is 522. The predicted octanol–water partition coefficient (Wildman–Crippen LogP) is 2.66. The third-order valence-corrected chi connectivity index (χ3v) is 3.79. The first-order valence-electron chi connectivity index (χ1n) is 9.26. The van der Waals surface area contributed by atoms with Gasteiger partial charge in [0.15, 0.2) is 11.8 Å². The van der Waals surface area contributed by atoms with Crippen LogP contribution < -0.4 is 10.6 Å². The molecule has 1 saturated carbocycles. The fraction of sp³-hybridized carbons (Fsp3) is 0.824. The van der Waals surface area contributed by atoms with Gasteiger partial charge in [-0.3, -0.25) is 0 Å². The summed E-state index contributed by atoms with van der Waals surface area (Å²) < 4.78 is 16.3. The number of hydrogen-bond acceptors (Lipinski definition) is 6. The summed E-state index contributed by atoms with van der Waals surface area (Å²) in [5.41, 5.74) is 0. The van der Waals surface area contributed by atoms with E-state index in [0.717, 1.165) is 44.6 Å². The van der Waals surface area contributed by atoms with E-state index < -0.39 is 0 Å². The van der Waals surface area contributed by atoms with Crippen molar-refractivity contribution in [2.45, 2.75) is 52.7 Å². The van der Waals surface area contributed by atoms with Crippen molar-refractivity contribution in [1.29, 1.82) is 0 Å². The van der Waals surface area contributed by atoms with Crippen molar-refractivity contribution in [2.75, 3.05) is 32.9 Å². The largest absolute Gasteiger partial charge is 0.381 e. The monoisotopic (exact) mass is 481 g/mol. The molecule has 150 valence electrons. The van der Waals surface area contributed by atoms with Gasteiger partial charge in [-0.15, -0.1) is 24.0 Å². The van der Waals surface area contributed by atoms with Crippen LogP contribution in [0.15, 0.2) is 9.52 Å². The van der Waals surface area contributed by atoms with Crippen LogP contribution in [0, 0.1) is 5.92 Å². The van der Waals surface area contributed by atoms with Gasteiger partial charge >= 0.3 is 0 Å². The highest BCUT2D eigenvalue weighted by atomic mass is 127. The molecule has 2 rings (SSSR count). The Labute approximate surface area is 172 Å². The van der Waals surface area contributed by atoms with Gasteiger partial charge in [0.2, 0.25) is 5.89 Å². The van der Waals surface area contributed by atoms with Gasteiger partial charge in [-0.25, -0.2) is 4.99 Å². The quantitative estimate of drug-likeness (QED) is 0.205. The summed E-state index contributed by atoms with van der Waals surface area (Å²) in [5, 5.41) is 10.4. The minimum absolute atomic E-state index is 0. The van der Waals surface area contributed by atoms with Crippen molar-refractivity contribution < 1.29 is 14.0 Å². The molecule has 0 spiro atoms. The maximum Gasteiger partial charge on any atom is 0.248 e. The summed E-state index contributed by atoms with van der Waals surface area (Å²) in [6.45, 7) is 10.1. The molecule has 0 aromatic carbocycles.